The van der Waals surface area contributed by atoms with Gasteiger partial charge >= 0.3 is 0 Å². The molecule has 0 heterocycles. The topological polar surface area (TPSA) is 0 Å². The first-order chi connectivity index (χ1) is 5.29. The Morgan fingerprint density at radius 3 is 3.00 bits per heavy atom. The molecule has 0 fully saturated rings. The third-order valence-corrected chi connectivity index (χ3v) is 3.34. The Balaban J connectivity index is 2.27. The van der Waals surface area contributed by atoms with Crippen LogP contribution in [0.2, 0.25) is 0 Å². The molecule has 0 nitrogen and oxygen atoms in total. The summed E-state index contributed by atoms with van der Waals surface area (Å²) in [5, 5.41) is 0. The third-order valence-electron chi connectivity index (χ3n) is 3.34. The smallest absolute Gasteiger partial charge is 0.0127 e. The van der Waals surface area contributed by atoms with E-state index >= 15 is 0 Å². The lowest BCUT2D eigenvalue weighted by atomic mass is 9.78. The van der Waals surface area contributed by atoms with Crippen LogP contribution in [0, 0.1) is 11.8 Å². The minimum absolute atomic E-state index is 0.841. The Labute approximate surface area is 69.0 Å². The first-order valence-electron chi connectivity index (χ1n) is 4.67. The molecule has 0 N–H and O–H groups in total. The zero-order valence-corrected chi connectivity index (χ0v) is 7.43. The Morgan fingerprint density at radius 1 is 1.36 bits per heavy atom. The van der Waals surface area contributed by atoms with Crippen molar-refractivity contribution in [2.45, 2.75) is 33.1 Å². The molecule has 0 amide bonds. The molecule has 2 unspecified atom stereocenters. The predicted molar refractivity (Wildman–Crippen MR) is 48.3 cm³/mol. The minimum atomic E-state index is 0.841. The number of hydrogen-bond acceptors (Lipinski definition) is 0. The van der Waals surface area contributed by atoms with Gasteiger partial charge in [0.1, 0.15) is 0 Å². The molecule has 0 spiro atoms. The van der Waals surface area contributed by atoms with Gasteiger partial charge in [-0.25, -0.2) is 0 Å². The van der Waals surface area contributed by atoms with Crippen LogP contribution >= 0.6 is 0 Å². The van der Waals surface area contributed by atoms with Crippen molar-refractivity contribution < 1.29 is 0 Å². The molecule has 2 aliphatic carbocycles. The summed E-state index contributed by atoms with van der Waals surface area (Å²) in [5.41, 5.74) is 3.37. The maximum Gasteiger partial charge on any atom is -0.0127 e. The second-order valence-electron chi connectivity index (χ2n) is 3.96. The first-order valence-corrected chi connectivity index (χ1v) is 4.67. The molecule has 0 heteroatoms. The average molecular weight is 148 g/mol. The van der Waals surface area contributed by atoms with Crippen molar-refractivity contribution in [1.29, 1.82) is 0 Å². The van der Waals surface area contributed by atoms with Gasteiger partial charge in [-0.1, -0.05) is 31.6 Å². The summed E-state index contributed by atoms with van der Waals surface area (Å²) >= 11 is 0. The number of rotatable bonds is 0. The van der Waals surface area contributed by atoms with Gasteiger partial charge in [0.15, 0.2) is 0 Å². The fraction of sp³-hybridized carbons (Fsp3) is 0.636. The highest BCUT2D eigenvalue weighted by atomic mass is 14.3. The molecule has 0 saturated carbocycles. The van der Waals surface area contributed by atoms with Crippen LogP contribution in [0.4, 0.5) is 0 Å². The quantitative estimate of drug-likeness (QED) is 0.494. The molecule has 60 valence electrons. The van der Waals surface area contributed by atoms with Crippen LogP contribution < -0.4 is 0 Å². The van der Waals surface area contributed by atoms with Crippen molar-refractivity contribution in [3.05, 3.63) is 23.3 Å². The van der Waals surface area contributed by atoms with Gasteiger partial charge in [-0.3, -0.25) is 0 Å². The van der Waals surface area contributed by atoms with E-state index in [1.165, 1.54) is 19.3 Å². The van der Waals surface area contributed by atoms with E-state index in [2.05, 4.69) is 26.0 Å². The van der Waals surface area contributed by atoms with E-state index in [1.807, 2.05) is 0 Å². The molecule has 0 radical (unpaired) electrons. The lowest BCUT2D eigenvalue weighted by Gasteiger charge is -2.27. The predicted octanol–water partition coefficient (Wildman–Crippen LogP) is 3.31. The lowest BCUT2D eigenvalue weighted by molar-refractivity contribution is 0.384. The molecular formula is C11H16. The van der Waals surface area contributed by atoms with Crippen molar-refractivity contribution in [2.75, 3.05) is 0 Å². The van der Waals surface area contributed by atoms with Crippen molar-refractivity contribution in [1.82, 2.24) is 0 Å². The molecule has 2 aliphatic rings. The van der Waals surface area contributed by atoms with Gasteiger partial charge in [0.05, 0.1) is 0 Å². The van der Waals surface area contributed by atoms with Gasteiger partial charge in [-0.15, -0.1) is 0 Å². The van der Waals surface area contributed by atoms with E-state index in [-0.39, 0.29) is 0 Å². The summed E-state index contributed by atoms with van der Waals surface area (Å²) in [6.45, 7) is 4.76. The van der Waals surface area contributed by atoms with Crippen LogP contribution in [0.15, 0.2) is 23.3 Å². The fourth-order valence-electron chi connectivity index (χ4n) is 2.27. The SMILES string of the molecule is CC1CCC2=C(CC=C2)C1C. The number of hydrogen-bond donors (Lipinski definition) is 0. The van der Waals surface area contributed by atoms with Crippen LogP contribution in [0.3, 0.4) is 0 Å². The van der Waals surface area contributed by atoms with Gasteiger partial charge in [0.2, 0.25) is 0 Å². The zero-order chi connectivity index (χ0) is 7.84. The highest BCUT2D eigenvalue weighted by Crippen LogP contribution is 2.39. The normalized spacial score (nSPS) is 36.2. The van der Waals surface area contributed by atoms with Gasteiger partial charge in [0.25, 0.3) is 0 Å². The molecule has 0 bridgehead atoms. The van der Waals surface area contributed by atoms with Crippen LogP contribution in [0.5, 0.6) is 0 Å². The summed E-state index contributed by atoms with van der Waals surface area (Å²) < 4.78 is 0. The molecule has 2 rings (SSSR count). The maximum atomic E-state index is 2.38. The summed E-state index contributed by atoms with van der Waals surface area (Å²) in [6.07, 6.45) is 8.61. The Bertz CT molecular complexity index is 220. The lowest BCUT2D eigenvalue weighted by Crippen LogP contribution is -2.15. The monoisotopic (exact) mass is 148 g/mol. The molecular weight excluding hydrogens is 132 g/mol. The Hall–Kier alpha value is -0.520. The zero-order valence-electron chi connectivity index (χ0n) is 7.43. The van der Waals surface area contributed by atoms with Crippen molar-refractivity contribution in [3.63, 3.8) is 0 Å². The molecule has 0 aromatic rings. The van der Waals surface area contributed by atoms with Gasteiger partial charge < -0.3 is 0 Å². The van der Waals surface area contributed by atoms with Crippen LogP contribution in [-0.2, 0) is 0 Å². The van der Waals surface area contributed by atoms with E-state index < -0.39 is 0 Å². The van der Waals surface area contributed by atoms with E-state index in [9.17, 15) is 0 Å². The van der Waals surface area contributed by atoms with E-state index in [0.29, 0.717) is 0 Å². The molecule has 0 aliphatic heterocycles. The molecule has 0 saturated heterocycles. The Kier molecular flexibility index (Phi) is 1.63. The van der Waals surface area contributed by atoms with Gasteiger partial charge in [0, 0.05) is 0 Å². The van der Waals surface area contributed by atoms with Crippen LogP contribution in [0.25, 0.3) is 0 Å². The van der Waals surface area contributed by atoms with Crippen LogP contribution in [0.1, 0.15) is 33.1 Å². The number of allylic oxidation sites excluding steroid dienone is 4. The summed E-state index contributed by atoms with van der Waals surface area (Å²) in [7, 11) is 0. The summed E-state index contributed by atoms with van der Waals surface area (Å²) in [5.74, 6) is 1.75. The summed E-state index contributed by atoms with van der Waals surface area (Å²) in [6, 6.07) is 0. The minimum Gasteiger partial charge on any atom is -0.0802 e. The average Bonchev–Trinajstić information content (AvgIpc) is 2.45. The first kappa shape index (κ1) is 7.15. The second kappa shape index (κ2) is 2.51. The van der Waals surface area contributed by atoms with Gasteiger partial charge in [-0.05, 0) is 36.7 Å². The third kappa shape index (κ3) is 1.05. The molecule has 0 aromatic heterocycles. The standard InChI is InChI=1S/C11H16/c1-8-6-7-10-4-3-5-11(10)9(8)2/h3-4,8-9H,5-7H2,1-2H3. The molecule has 2 atom stereocenters. The largest absolute Gasteiger partial charge is 0.0802 e. The highest BCUT2D eigenvalue weighted by Gasteiger charge is 2.25. The van der Waals surface area contributed by atoms with Crippen molar-refractivity contribution >= 4 is 0 Å². The summed E-state index contributed by atoms with van der Waals surface area (Å²) in [4.78, 5) is 0. The fourth-order valence-corrected chi connectivity index (χ4v) is 2.27. The van der Waals surface area contributed by atoms with Crippen molar-refractivity contribution in [2.24, 2.45) is 11.8 Å². The van der Waals surface area contributed by atoms with E-state index in [0.717, 1.165) is 11.8 Å². The van der Waals surface area contributed by atoms with Crippen molar-refractivity contribution in [3.8, 4) is 0 Å². The van der Waals surface area contributed by atoms with E-state index in [4.69, 9.17) is 0 Å². The van der Waals surface area contributed by atoms with E-state index in [1.54, 1.807) is 11.1 Å². The molecule has 0 aromatic carbocycles. The maximum absolute atomic E-state index is 2.38. The molecule has 11 heavy (non-hydrogen) atoms. The van der Waals surface area contributed by atoms with Gasteiger partial charge in [-0.2, -0.15) is 0 Å². The Morgan fingerprint density at radius 2 is 2.18 bits per heavy atom. The van der Waals surface area contributed by atoms with Crippen LogP contribution in [-0.4, -0.2) is 0 Å². The highest BCUT2D eigenvalue weighted by molar-refractivity contribution is 5.36. The second-order valence-corrected chi connectivity index (χ2v) is 3.96.